The zero-order chi connectivity index (χ0) is 10.7. The van der Waals surface area contributed by atoms with E-state index < -0.39 is 0 Å². The number of hydrogen-bond acceptors (Lipinski definition) is 1. The van der Waals surface area contributed by atoms with Crippen LogP contribution in [0.2, 0.25) is 0 Å². The molecule has 1 heteroatoms. The van der Waals surface area contributed by atoms with E-state index in [1.807, 2.05) is 6.08 Å². The second kappa shape index (κ2) is 4.32. The van der Waals surface area contributed by atoms with E-state index in [0.717, 1.165) is 12.8 Å². The zero-order valence-corrected chi connectivity index (χ0v) is 9.41. The van der Waals surface area contributed by atoms with Gasteiger partial charge in [0.05, 0.1) is 0 Å². The van der Waals surface area contributed by atoms with E-state index in [1.165, 1.54) is 28.1 Å². The molecule has 1 nitrogen and oxygen atoms in total. The number of dihydropyridines is 1. The summed E-state index contributed by atoms with van der Waals surface area (Å²) in [4.78, 5) is 0. The van der Waals surface area contributed by atoms with E-state index >= 15 is 0 Å². The Hall–Kier alpha value is -1.24. The second-order valence-electron chi connectivity index (χ2n) is 3.72. The monoisotopic (exact) mass is 189 g/mol. The zero-order valence-electron chi connectivity index (χ0n) is 9.41. The van der Waals surface area contributed by atoms with E-state index in [2.05, 4.69) is 39.2 Å². The molecule has 1 N–H and O–H groups in total. The normalized spacial score (nSPS) is 16.8. The number of rotatable bonds is 3. The fraction of sp³-hybridized carbons (Fsp3) is 0.385. The molecule has 76 valence electrons. The van der Waals surface area contributed by atoms with Crippen LogP contribution in [0.15, 0.2) is 47.3 Å². The number of allylic oxidation sites excluding steroid dienone is 6. The molecule has 0 atom stereocenters. The summed E-state index contributed by atoms with van der Waals surface area (Å²) in [5.74, 6) is 0. The van der Waals surface area contributed by atoms with Gasteiger partial charge in [-0.3, -0.25) is 0 Å². The van der Waals surface area contributed by atoms with Gasteiger partial charge >= 0.3 is 0 Å². The van der Waals surface area contributed by atoms with Gasteiger partial charge in [-0.2, -0.15) is 0 Å². The third-order valence-electron chi connectivity index (χ3n) is 2.78. The minimum Gasteiger partial charge on any atom is -0.362 e. The summed E-state index contributed by atoms with van der Waals surface area (Å²) in [7, 11) is 0. The van der Waals surface area contributed by atoms with Crippen molar-refractivity contribution in [3.8, 4) is 0 Å². The highest BCUT2D eigenvalue weighted by atomic mass is 14.9. The van der Waals surface area contributed by atoms with E-state index in [9.17, 15) is 0 Å². The van der Waals surface area contributed by atoms with Gasteiger partial charge in [-0.25, -0.2) is 0 Å². The summed E-state index contributed by atoms with van der Waals surface area (Å²) in [6.45, 7) is 14.3. The second-order valence-corrected chi connectivity index (χ2v) is 3.72. The van der Waals surface area contributed by atoms with Crippen LogP contribution in [-0.4, -0.2) is 0 Å². The molecule has 0 fully saturated rings. The number of hydrogen-bond donors (Lipinski definition) is 1. The Morgan fingerprint density at radius 1 is 1.43 bits per heavy atom. The molecule has 0 saturated carbocycles. The van der Waals surface area contributed by atoms with Crippen molar-refractivity contribution in [1.82, 2.24) is 5.32 Å². The fourth-order valence-electron chi connectivity index (χ4n) is 1.72. The van der Waals surface area contributed by atoms with Gasteiger partial charge < -0.3 is 5.32 Å². The highest BCUT2D eigenvalue weighted by Gasteiger charge is 2.14. The average molecular weight is 189 g/mol. The van der Waals surface area contributed by atoms with Crippen LogP contribution in [-0.2, 0) is 0 Å². The largest absolute Gasteiger partial charge is 0.362 e. The Kier molecular flexibility index (Phi) is 3.34. The number of nitrogens with one attached hydrogen (secondary N) is 1. The van der Waals surface area contributed by atoms with Crippen molar-refractivity contribution in [2.24, 2.45) is 0 Å². The van der Waals surface area contributed by atoms with Gasteiger partial charge in [0.1, 0.15) is 0 Å². The third kappa shape index (κ3) is 1.98. The Morgan fingerprint density at radius 3 is 2.57 bits per heavy atom. The van der Waals surface area contributed by atoms with Crippen LogP contribution < -0.4 is 5.32 Å². The predicted octanol–water partition coefficient (Wildman–Crippen LogP) is 3.68. The first-order valence-corrected chi connectivity index (χ1v) is 5.07. The third-order valence-corrected chi connectivity index (χ3v) is 2.78. The van der Waals surface area contributed by atoms with Crippen LogP contribution in [0, 0.1) is 0 Å². The molecular formula is C13H19N. The van der Waals surface area contributed by atoms with Crippen molar-refractivity contribution in [3.63, 3.8) is 0 Å². The lowest BCUT2D eigenvalue weighted by atomic mass is 9.92. The Balaban J connectivity index is 2.95. The topological polar surface area (TPSA) is 12.0 Å². The molecule has 0 saturated heterocycles. The Labute approximate surface area is 86.9 Å². The summed E-state index contributed by atoms with van der Waals surface area (Å²) in [6.07, 6.45) is 3.91. The molecule has 0 aromatic carbocycles. The first-order chi connectivity index (χ1) is 6.60. The first kappa shape index (κ1) is 10.8. The van der Waals surface area contributed by atoms with Crippen molar-refractivity contribution in [2.75, 3.05) is 0 Å². The maximum absolute atomic E-state index is 4.09. The molecule has 0 spiro atoms. The van der Waals surface area contributed by atoms with Crippen molar-refractivity contribution in [1.29, 1.82) is 0 Å². The van der Waals surface area contributed by atoms with Crippen LogP contribution in [0.3, 0.4) is 0 Å². The van der Waals surface area contributed by atoms with Crippen molar-refractivity contribution in [3.05, 3.63) is 47.3 Å². The lowest BCUT2D eigenvalue weighted by Gasteiger charge is -2.23. The van der Waals surface area contributed by atoms with Gasteiger partial charge in [-0.05, 0) is 31.4 Å². The fourth-order valence-corrected chi connectivity index (χ4v) is 1.72. The van der Waals surface area contributed by atoms with Gasteiger partial charge in [0.15, 0.2) is 0 Å². The van der Waals surface area contributed by atoms with Gasteiger partial charge in [0, 0.05) is 17.8 Å². The summed E-state index contributed by atoms with van der Waals surface area (Å²) in [5, 5.41) is 3.37. The van der Waals surface area contributed by atoms with Crippen LogP contribution in [0.4, 0.5) is 0 Å². The predicted molar refractivity (Wildman–Crippen MR) is 62.8 cm³/mol. The van der Waals surface area contributed by atoms with Gasteiger partial charge in [-0.15, -0.1) is 0 Å². The molecule has 0 amide bonds. The average Bonchev–Trinajstić information content (AvgIpc) is 2.17. The smallest absolute Gasteiger partial charge is 0.0155 e. The summed E-state index contributed by atoms with van der Waals surface area (Å²) in [5.41, 5.74) is 6.29. The molecule has 0 unspecified atom stereocenters. The Morgan fingerprint density at radius 2 is 2.07 bits per heavy atom. The van der Waals surface area contributed by atoms with Crippen molar-refractivity contribution in [2.45, 2.75) is 33.6 Å². The van der Waals surface area contributed by atoms with Crippen LogP contribution in [0.1, 0.15) is 33.6 Å². The molecule has 14 heavy (non-hydrogen) atoms. The molecule has 0 radical (unpaired) electrons. The van der Waals surface area contributed by atoms with Crippen LogP contribution in [0.25, 0.3) is 0 Å². The highest BCUT2D eigenvalue weighted by Crippen LogP contribution is 2.28. The van der Waals surface area contributed by atoms with Crippen molar-refractivity contribution < 1.29 is 0 Å². The van der Waals surface area contributed by atoms with Gasteiger partial charge in [0.2, 0.25) is 0 Å². The lowest BCUT2D eigenvalue weighted by molar-refractivity contribution is 0.851. The lowest BCUT2D eigenvalue weighted by Crippen LogP contribution is -2.18. The molecule has 0 aromatic heterocycles. The molecule has 1 aliphatic heterocycles. The molecular weight excluding hydrogens is 170 g/mol. The first-order valence-electron chi connectivity index (χ1n) is 5.07. The minimum atomic E-state index is 0.973. The van der Waals surface area contributed by atoms with Crippen LogP contribution >= 0.6 is 0 Å². The van der Waals surface area contributed by atoms with E-state index in [4.69, 9.17) is 0 Å². The molecule has 0 aromatic rings. The maximum atomic E-state index is 4.09. The SMILES string of the molecule is C=CC1=C(C)NC(C)=C(C(=C)CC)C1. The Bertz CT molecular complexity index is 329. The van der Waals surface area contributed by atoms with Crippen LogP contribution in [0.5, 0.6) is 0 Å². The van der Waals surface area contributed by atoms with E-state index in [1.54, 1.807) is 0 Å². The molecule has 1 rings (SSSR count). The minimum absolute atomic E-state index is 0.973. The van der Waals surface area contributed by atoms with Gasteiger partial charge in [-0.1, -0.05) is 31.7 Å². The summed E-state index contributed by atoms with van der Waals surface area (Å²) in [6, 6.07) is 0. The molecule has 1 heterocycles. The van der Waals surface area contributed by atoms with Gasteiger partial charge in [0.25, 0.3) is 0 Å². The highest BCUT2D eigenvalue weighted by molar-refractivity contribution is 5.43. The van der Waals surface area contributed by atoms with E-state index in [0.29, 0.717) is 0 Å². The maximum Gasteiger partial charge on any atom is 0.0155 e. The van der Waals surface area contributed by atoms with E-state index in [-0.39, 0.29) is 0 Å². The molecule has 0 aliphatic carbocycles. The standard InChI is InChI=1S/C13H19N/c1-6-9(3)13-8-12(7-2)10(4)14-11(13)5/h7,14H,2-3,6,8H2,1,4-5H3. The summed E-state index contributed by atoms with van der Waals surface area (Å²) >= 11 is 0. The quantitative estimate of drug-likeness (QED) is 0.714. The van der Waals surface area contributed by atoms with Crippen molar-refractivity contribution >= 4 is 0 Å². The molecule has 1 aliphatic rings. The summed E-state index contributed by atoms with van der Waals surface area (Å²) < 4.78 is 0. The molecule has 0 bridgehead atoms.